The molecule has 2 heterocycles. The lowest BCUT2D eigenvalue weighted by Gasteiger charge is -2.27. The molecule has 2 unspecified atom stereocenters. The summed E-state index contributed by atoms with van der Waals surface area (Å²) < 4.78 is 0. The van der Waals surface area contributed by atoms with Crippen molar-refractivity contribution in [3.05, 3.63) is 33.7 Å². The van der Waals surface area contributed by atoms with Crippen LogP contribution in [0.5, 0.6) is 0 Å². The third-order valence-corrected chi connectivity index (χ3v) is 3.46. The van der Waals surface area contributed by atoms with E-state index in [-0.39, 0.29) is 22.9 Å². The molecule has 1 aromatic rings. The van der Waals surface area contributed by atoms with E-state index in [1.54, 1.807) is 6.92 Å². The maximum atomic E-state index is 12.2. The number of nitrogens with zero attached hydrogens (tertiary/aromatic N) is 1. The average molecular weight is 233 g/mol. The molecule has 1 aliphatic carbocycles. The minimum Gasteiger partial charge on any atom is -0.364 e. The molecule has 0 radical (unpaired) electrons. The number of hydrogen-bond acceptors (Lipinski definition) is 3. The number of H-pyrrole nitrogens is 1. The molecular formula is C12H15N3O2. The maximum absolute atomic E-state index is 12.2. The van der Waals surface area contributed by atoms with E-state index in [1.165, 1.54) is 12.3 Å². The monoisotopic (exact) mass is 233 g/mol. The molecular weight excluding hydrogens is 218 g/mol. The quantitative estimate of drug-likeness (QED) is 0.710. The molecule has 5 heteroatoms. The number of aromatic amines is 1. The van der Waals surface area contributed by atoms with Crippen molar-refractivity contribution in [1.29, 1.82) is 0 Å². The van der Waals surface area contributed by atoms with Crippen molar-refractivity contribution in [1.82, 2.24) is 15.2 Å². The van der Waals surface area contributed by atoms with Gasteiger partial charge >= 0.3 is 0 Å². The summed E-state index contributed by atoms with van der Waals surface area (Å²) in [7, 11) is 0. The van der Waals surface area contributed by atoms with E-state index in [9.17, 15) is 9.59 Å². The van der Waals surface area contributed by atoms with Gasteiger partial charge in [0.25, 0.3) is 5.91 Å². The van der Waals surface area contributed by atoms with Crippen LogP contribution < -0.4 is 10.7 Å². The van der Waals surface area contributed by atoms with Crippen LogP contribution in [0.25, 0.3) is 0 Å². The first-order valence-corrected chi connectivity index (χ1v) is 5.90. The van der Waals surface area contributed by atoms with E-state index in [1.807, 2.05) is 4.90 Å². The lowest BCUT2D eigenvalue weighted by Crippen LogP contribution is -2.47. The number of carbonyl (C=O) groups is 1. The van der Waals surface area contributed by atoms with Crippen LogP contribution in [0, 0.1) is 6.92 Å². The number of piperazine rings is 1. The van der Waals surface area contributed by atoms with Crippen molar-refractivity contribution in [3.8, 4) is 0 Å². The molecule has 0 aromatic carbocycles. The Morgan fingerprint density at radius 2 is 2.35 bits per heavy atom. The van der Waals surface area contributed by atoms with Crippen molar-refractivity contribution in [2.24, 2.45) is 0 Å². The first kappa shape index (κ1) is 10.5. The molecule has 2 atom stereocenters. The van der Waals surface area contributed by atoms with Gasteiger partial charge in [0.05, 0.1) is 0 Å². The van der Waals surface area contributed by atoms with Crippen LogP contribution in [0.15, 0.2) is 17.1 Å². The van der Waals surface area contributed by atoms with Crippen molar-refractivity contribution < 1.29 is 4.79 Å². The highest BCUT2D eigenvalue weighted by Crippen LogP contribution is 2.31. The van der Waals surface area contributed by atoms with Crippen molar-refractivity contribution >= 4 is 5.91 Å². The summed E-state index contributed by atoms with van der Waals surface area (Å²) in [5.41, 5.74) is 0.835. The summed E-state index contributed by atoms with van der Waals surface area (Å²) in [5.74, 6) is -0.139. The highest BCUT2D eigenvalue weighted by molar-refractivity contribution is 5.94. The number of carbonyl (C=O) groups excluding carboxylic acids is 1. The smallest absolute Gasteiger partial charge is 0.259 e. The van der Waals surface area contributed by atoms with E-state index in [2.05, 4.69) is 10.3 Å². The van der Waals surface area contributed by atoms with Gasteiger partial charge in [0, 0.05) is 43.1 Å². The highest BCUT2D eigenvalue weighted by Gasteiger charge is 2.46. The number of rotatable bonds is 1. The van der Waals surface area contributed by atoms with Crippen molar-refractivity contribution in [3.63, 3.8) is 0 Å². The standard InChI is InChI=1S/C12H15N3O2/c1-7-4-11(16)8(6-14-7)12(17)15-3-2-13-9-5-10(9)15/h4,6,9-10,13H,2-3,5H2,1H3,(H,14,16). The van der Waals surface area contributed by atoms with Crippen molar-refractivity contribution in [2.75, 3.05) is 13.1 Å². The molecule has 1 aliphatic heterocycles. The van der Waals surface area contributed by atoms with Crippen LogP contribution in [-0.4, -0.2) is 41.0 Å². The van der Waals surface area contributed by atoms with Gasteiger partial charge in [0.15, 0.2) is 5.43 Å². The first-order chi connectivity index (χ1) is 8.16. The zero-order valence-corrected chi connectivity index (χ0v) is 9.69. The van der Waals surface area contributed by atoms with E-state index in [0.29, 0.717) is 12.6 Å². The minimum atomic E-state index is -0.193. The maximum Gasteiger partial charge on any atom is 0.259 e. The van der Waals surface area contributed by atoms with Gasteiger partial charge in [-0.05, 0) is 13.3 Å². The van der Waals surface area contributed by atoms with Gasteiger partial charge in [-0.15, -0.1) is 0 Å². The van der Waals surface area contributed by atoms with Gasteiger partial charge in [-0.2, -0.15) is 0 Å². The van der Waals surface area contributed by atoms with Gasteiger partial charge in [0.2, 0.25) is 0 Å². The molecule has 1 aromatic heterocycles. The van der Waals surface area contributed by atoms with Crippen LogP contribution in [0.3, 0.4) is 0 Å². The Kier molecular flexibility index (Phi) is 2.29. The molecule has 1 amide bonds. The largest absolute Gasteiger partial charge is 0.364 e. The molecule has 90 valence electrons. The summed E-state index contributed by atoms with van der Waals surface area (Å²) in [4.78, 5) is 28.8. The lowest BCUT2D eigenvalue weighted by atomic mass is 10.2. The predicted molar refractivity (Wildman–Crippen MR) is 63.0 cm³/mol. The van der Waals surface area contributed by atoms with E-state index in [4.69, 9.17) is 0 Å². The van der Waals surface area contributed by atoms with Crippen LogP contribution in [-0.2, 0) is 0 Å². The average Bonchev–Trinajstić information content (AvgIpc) is 3.06. The van der Waals surface area contributed by atoms with Gasteiger partial charge in [0.1, 0.15) is 5.56 Å². The Morgan fingerprint density at radius 3 is 3.12 bits per heavy atom. The molecule has 17 heavy (non-hydrogen) atoms. The summed E-state index contributed by atoms with van der Waals surface area (Å²) in [6.45, 7) is 3.31. The Bertz CT molecular complexity index is 523. The summed E-state index contributed by atoms with van der Waals surface area (Å²) >= 11 is 0. The van der Waals surface area contributed by atoms with E-state index < -0.39 is 0 Å². The minimum absolute atomic E-state index is 0.139. The van der Waals surface area contributed by atoms with Gasteiger partial charge in [-0.3, -0.25) is 9.59 Å². The highest BCUT2D eigenvalue weighted by atomic mass is 16.2. The Hall–Kier alpha value is -1.62. The Balaban J connectivity index is 1.88. The number of nitrogens with one attached hydrogen (secondary N) is 2. The van der Waals surface area contributed by atoms with Crippen LogP contribution in [0.4, 0.5) is 0 Å². The molecule has 0 bridgehead atoms. The molecule has 2 fully saturated rings. The number of amides is 1. The van der Waals surface area contributed by atoms with Crippen LogP contribution >= 0.6 is 0 Å². The van der Waals surface area contributed by atoms with E-state index in [0.717, 1.165) is 18.7 Å². The van der Waals surface area contributed by atoms with Gasteiger partial charge in [-0.1, -0.05) is 0 Å². The summed E-state index contributed by atoms with van der Waals surface area (Å²) in [6, 6.07) is 2.20. The molecule has 2 N–H and O–H groups in total. The second-order valence-corrected chi connectivity index (χ2v) is 4.76. The van der Waals surface area contributed by atoms with Crippen LogP contribution in [0.1, 0.15) is 22.5 Å². The molecule has 1 saturated heterocycles. The number of aromatic nitrogens is 1. The van der Waals surface area contributed by atoms with E-state index >= 15 is 0 Å². The molecule has 3 rings (SSSR count). The molecule has 0 spiro atoms. The molecule has 2 aliphatic rings. The van der Waals surface area contributed by atoms with Crippen LogP contribution in [0.2, 0.25) is 0 Å². The third-order valence-electron chi connectivity index (χ3n) is 3.46. The topological polar surface area (TPSA) is 65.2 Å². The lowest BCUT2D eigenvalue weighted by molar-refractivity contribution is 0.0717. The second kappa shape index (κ2) is 3.70. The second-order valence-electron chi connectivity index (χ2n) is 4.76. The number of fused-ring (bicyclic) bond motifs is 1. The Labute approximate surface area is 98.8 Å². The zero-order valence-electron chi connectivity index (χ0n) is 9.69. The predicted octanol–water partition coefficient (Wildman–Crippen LogP) is -0.130. The van der Waals surface area contributed by atoms with Crippen molar-refractivity contribution in [2.45, 2.75) is 25.4 Å². The fourth-order valence-corrected chi connectivity index (χ4v) is 2.43. The molecule has 1 saturated carbocycles. The Morgan fingerprint density at radius 1 is 1.53 bits per heavy atom. The zero-order chi connectivity index (χ0) is 12.0. The normalized spacial score (nSPS) is 26.5. The number of pyridine rings is 1. The SMILES string of the molecule is Cc1cc(=O)c(C(=O)N2CCNC3CC32)c[nH]1. The summed E-state index contributed by atoms with van der Waals surface area (Å²) in [6.07, 6.45) is 2.54. The fraction of sp³-hybridized carbons (Fsp3) is 0.500. The van der Waals surface area contributed by atoms with Gasteiger partial charge < -0.3 is 15.2 Å². The first-order valence-electron chi connectivity index (χ1n) is 5.90. The number of aryl methyl sites for hydroxylation is 1. The number of hydrogen-bond donors (Lipinski definition) is 2. The molecule has 5 nitrogen and oxygen atoms in total. The van der Waals surface area contributed by atoms with Gasteiger partial charge in [-0.25, -0.2) is 0 Å². The summed E-state index contributed by atoms with van der Waals surface area (Å²) in [5, 5.41) is 3.34. The fourth-order valence-electron chi connectivity index (χ4n) is 2.43. The third kappa shape index (κ3) is 1.76.